The Kier molecular flexibility index (Phi) is 3.67. The molecule has 0 aromatic heterocycles. The molecule has 116 valence electrons. The molecule has 3 rings (SSSR count). The molecule has 0 saturated heterocycles. The van der Waals surface area contributed by atoms with E-state index in [2.05, 4.69) is 25.5 Å². The minimum Gasteiger partial charge on any atom is -0.380 e. The fraction of sp³-hybridized carbons (Fsp3) is 0.308. The van der Waals surface area contributed by atoms with Gasteiger partial charge in [-0.05, 0) is 38.1 Å². The van der Waals surface area contributed by atoms with Gasteiger partial charge in [-0.25, -0.2) is 13.1 Å². The summed E-state index contributed by atoms with van der Waals surface area (Å²) >= 11 is 0. The van der Waals surface area contributed by atoms with Crippen LogP contribution < -0.4 is 15.9 Å². The number of benzene rings is 1. The molecule has 1 fully saturated rings. The maximum absolute atomic E-state index is 11.8. The first-order valence-corrected chi connectivity index (χ1v) is 8.28. The quantitative estimate of drug-likeness (QED) is 0.684. The average molecular weight is 320 g/mol. The number of nitrogens with zero attached hydrogens (tertiary/aromatic N) is 3. The molecule has 1 aliphatic carbocycles. The van der Waals surface area contributed by atoms with Crippen LogP contribution in [0.5, 0.6) is 0 Å². The van der Waals surface area contributed by atoms with Crippen molar-refractivity contribution in [2.45, 2.75) is 17.7 Å². The van der Waals surface area contributed by atoms with Crippen LogP contribution in [0.3, 0.4) is 0 Å². The summed E-state index contributed by atoms with van der Waals surface area (Å²) in [6, 6.07) is 6.35. The van der Waals surface area contributed by atoms with Gasteiger partial charge in [0.25, 0.3) is 0 Å². The summed E-state index contributed by atoms with van der Waals surface area (Å²) in [7, 11) is -2.13. The van der Waals surface area contributed by atoms with E-state index < -0.39 is 10.0 Å². The number of amidine groups is 1. The highest BCUT2D eigenvalue weighted by Crippen LogP contribution is 2.32. The van der Waals surface area contributed by atoms with Crippen LogP contribution in [-0.2, 0) is 10.0 Å². The highest BCUT2D eigenvalue weighted by Gasteiger charge is 2.35. The zero-order valence-corrected chi connectivity index (χ0v) is 12.8. The largest absolute Gasteiger partial charge is 0.380 e. The van der Waals surface area contributed by atoms with Crippen molar-refractivity contribution in [3.05, 3.63) is 24.3 Å². The third-order valence-corrected chi connectivity index (χ3v) is 4.84. The molecule has 2 aliphatic rings. The Morgan fingerprint density at radius 2 is 2.09 bits per heavy atom. The summed E-state index contributed by atoms with van der Waals surface area (Å²) in [5, 5.41) is 12.1. The number of anilines is 1. The second kappa shape index (κ2) is 5.50. The molecular weight excluding hydrogens is 304 g/mol. The molecule has 0 radical (unpaired) electrons. The first-order valence-electron chi connectivity index (χ1n) is 6.80. The highest BCUT2D eigenvalue weighted by atomic mass is 32.2. The second-order valence-corrected chi connectivity index (χ2v) is 6.94. The number of nitrogens with one attached hydrogen (secondary N) is 2. The van der Waals surface area contributed by atoms with Crippen molar-refractivity contribution in [1.82, 2.24) is 4.72 Å². The van der Waals surface area contributed by atoms with Crippen molar-refractivity contribution in [3.63, 3.8) is 0 Å². The van der Waals surface area contributed by atoms with Gasteiger partial charge in [-0.2, -0.15) is 10.2 Å². The van der Waals surface area contributed by atoms with Gasteiger partial charge in [-0.3, -0.25) is 5.43 Å². The Hall–Kier alpha value is -2.26. The molecular formula is C13H16N6O2S. The van der Waals surface area contributed by atoms with Crippen LogP contribution in [0.1, 0.15) is 12.8 Å². The van der Waals surface area contributed by atoms with Crippen LogP contribution in [-0.4, -0.2) is 32.7 Å². The lowest BCUT2D eigenvalue weighted by molar-refractivity contribution is 0.588. The molecule has 1 saturated carbocycles. The van der Waals surface area contributed by atoms with Gasteiger partial charge < -0.3 is 5.73 Å². The van der Waals surface area contributed by atoms with Crippen LogP contribution in [0.4, 0.5) is 5.69 Å². The Morgan fingerprint density at radius 3 is 2.77 bits per heavy atom. The monoisotopic (exact) mass is 320 g/mol. The van der Waals surface area contributed by atoms with Crippen molar-refractivity contribution in [2.75, 3.05) is 12.5 Å². The smallest absolute Gasteiger partial charge is 0.240 e. The molecule has 22 heavy (non-hydrogen) atoms. The van der Waals surface area contributed by atoms with E-state index in [0.717, 1.165) is 18.6 Å². The first-order chi connectivity index (χ1) is 10.5. The lowest BCUT2D eigenvalue weighted by Gasteiger charge is -2.06. The van der Waals surface area contributed by atoms with Gasteiger partial charge in [0.1, 0.15) is 0 Å². The number of hydrogen-bond donors (Lipinski definition) is 3. The third-order valence-electron chi connectivity index (χ3n) is 3.42. The SMILES string of the molecule is CNS(=O)(=O)c1cccc(N/N=C2/C(N)=NN=C2C2CC2)c1. The van der Waals surface area contributed by atoms with Crippen molar-refractivity contribution in [2.24, 2.45) is 27.0 Å². The second-order valence-electron chi connectivity index (χ2n) is 5.05. The highest BCUT2D eigenvalue weighted by molar-refractivity contribution is 7.89. The predicted octanol–water partition coefficient (Wildman–Crippen LogP) is 0.499. The van der Waals surface area contributed by atoms with Crippen molar-refractivity contribution in [3.8, 4) is 0 Å². The molecule has 4 N–H and O–H groups in total. The molecule has 0 unspecified atom stereocenters. The minimum absolute atomic E-state index is 0.157. The molecule has 1 aromatic carbocycles. The summed E-state index contributed by atoms with van der Waals surface area (Å²) in [5.41, 5.74) is 10.5. The van der Waals surface area contributed by atoms with Crippen LogP contribution >= 0.6 is 0 Å². The first kappa shape index (κ1) is 14.7. The van der Waals surface area contributed by atoms with Gasteiger partial charge in [0.15, 0.2) is 11.5 Å². The van der Waals surface area contributed by atoms with Gasteiger partial charge in [-0.15, -0.1) is 5.10 Å². The van der Waals surface area contributed by atoms with Crippen LogP contribution in [0.25, 0.3) is 0 Å². The van der Waals surface area contributed by atoms with E-state index in [1.165, 1.54) is 19.2 Å². The van der Waals surface area contributed by atoms with Gasteiger partial charge >= 0.3 is 0 Å². The van der Waals surface area contributed by atoms with Crippen molar-refractivity contribution < 1.29 is 8.42 Å². The van der Waals surface area contributed by atoms with E-state index in [4.69, 9.17) is 5.73 Å². The molecule has 1 aliphatic heterocycles. The number of hydrogen-bond acceptors (Lipinski definition) is 7. The zero-order valence-electron chi connectivity index (χ0n) is 11.9. The molecule has 0 atom stereocenters. The fourth-order valence-electron chi connectivity index (χ4n) is 2.05. The molecule has 0 amide bonds. The maximum Gasteiger partial charge on any atom is 0.240 e. The predicted molar refractivity (Wildman–Crippen MR) is 85.5 cm³/mol. The number of nitrogens with two attached hydrogens (primary N) is 1. The summed E-state index contributed by atoms with van der Waals surface area (Å²) in [6.07, 6.45) is 2.13. The Bertz CT molecular complexity index is 793. The fourth-order valence-corrected chi connectivity index (χ4v) is 2.83. The van der Waals surface area contributed by atoms with E-state index in [1.54, 1.807) is 12.1 Å². The van der Waals surface area contributed by atoms with E-state index in [-0.39, 0.29) is 10.7 Å². The summed E-state index contributed by atoms with van der Waals surface area (Å²) < 4.78 is 25.8. The molecule has 9 heteroatoms. The van der Waals surface area contributed by atoms with Gasteiger partial charge in [0.05, 0.1) is 16.3 Å². The van der Waals surface area contributed by atoms with Gasteiger partial charge in [-0.1, -0.05) is 6.07 Å². The minimum atomic E-state index is -3.49. The van der Waals surface area contributed by atoms with E-state index in [0.29, 0.717) is 17.3 Å². The van der Waals surface area contributed by atoms with Crippen LogP contribution in [0.15, 0.2) is 44.5 Å². The summed E-state index contributed by atoms with van der Waals surface area (Å²) in [5.74, 6) is 0.648. The van der Waals surface area contributed by atoms with E-state index in [1.807, 2.05) is 0 Å². The lowest BCUT2D eigenvalue weighted by atomic mass is 10.1. The van der Waals surface area contributed by atoms with E-state index >= 15 is 0 Å². The standard InChI is InChI=1S/C13H16N6O2S/c1-15-22(20,21)10-4-2-3-9(7-10)16-18-12-11(8-5-6-8)17-19-13(12)14/h2-4,7-8,15-16H,5-6H2,1H3,(H2,14,18,19). The molecule has 1 aromatic rings. The van der Waals surface area contributed by atoms with Gasteiger partial charge in [0, 0.05) is 5.92 Å². The Labute approximate surface area is 128 Å². The van der Waals surface area contributed by atoms with Crippen LogP contribution in [0, 0.1) is 5.92 Å². The number of hydrazone groups is 1. The normalized spacial score (nSPS) is 20.0. The zero-order chi connectivity index (χ0) is 15.7. The molecule has 0 spiro atoms. The maximum atomic E-state index is 11.8. The molecule has 0 bridgehead atoms. The molecule has 8 nitrogen and oxygen atoms in total. The Morgan fingerprint density at radius 1 is 1.32 bits per heavy atom. The number of sulfonamides is 1. The average Bonchev–Trinajstić information content (AvgIpc) is 3.29. The number of rotatable bonds is 5. The summed E-state index contributed by atoms with van der Waals surface area (Å²) in [6.45, 7) is 0. The van der Waals surface area contributed by atoms with Gasteiger partial charge in [0.2, 0.25) is 10.0 Å². The van der Waals surface area contributed by atoms with Crippen LogP contribution in [0.2, 0.25) is 0 Å². The third kappa shape index (κ3) is 2.85. The molecule has 1 heterocycles. The lowest BCUT2D eigenvalue weighted by Crippen LogP contribution is -2.29. The van der Waals surface area contributed by atoms with Crippen molar-refractivity contribution >= 4 is 33.0 Å². The van der Waals surface area contributed by atoms with E-state index in [9.17, 15) is 8.42 Å². The van der Waals surface area contributed by atoms with Crippen molar-refractivity contribution in [1.29, 1.82) is 0 Å². The Balaban J connectivity index is 1.82. The topological polar surface area (TPSA) is 121 Å². The summed E-state index contributed by atoms with van der Waals surface area (Å²) in [4.78, 5) is 0.157.